The van der Waals surface area contributed by atoms with Crippen molar-refractivity contribution < 1.29 is 0 Å². The molecule has 49 heavy (non-hydrogen) atoms. The van der Waals surface area contributed by atoms with E-state index in [1.165, 1.54) is 16.2 Å². The van der Waals surface area contributed by atoms with E-state index in [0.29, 0.717) is 17.5 Å². The van der Waals surface area contributed by atoms with Gasteiger partial charge in [0.25, 0.3) is 0 Å². The minimum absolute atomic E-state index is 0.612. The number of para-hydroxylation sites is 3. The van der Waals surface area contributed by atoms with Crippen LogP contribution in [0.25, 0.3) is 94.4 Å². The molecule has 10 aromatic rings. The molecule has 10 rings (SSSR count). The van der Waals surface area contributed by atoms with Gasteiger partial charge in [0.1, 0.15) is 0 Å². The van der Waals surface area contributed by atoms with Crippen LogP contribution in [0.5, 0.6) is 0 Å². The second-order valence-corrected chi connectivity index (χ2v) is 12.4. The van der Waals surface area contributed by atoms with Gasteiger partial charge in [-0.2, -0.15) is 0 Å². The van der Waals surface area contributed by atoms with Gasteiger partial charge in [-0.05, 0) is 64.0 Å². The zero-order chi connectivity index (χ0) is 32.3. The van der Waals surface area contributed by atoms with Crippen LogP contribution in [0.2, 0.25) is 0 Å². The van der Waals surface area contributed by atoms with Crippen LogP contribution in [-0.2, 0) is 0 Å². The molecule has 0 radical (unpaired) electrons. The summed E-state index contributed by atoms with van der Waals surface area (Å²) in [6.45, 7) is 0. The number of aromatic nitrogens is 5. The Balaban J connectivity index is 1.18. The molecule has 3 heterocycles. The molecule has 0 N–H and O–H groups in total. The fourth-order valence-electron chi connectivity index (χ4n) is 6.95. The van der Waals surface area contributed by atoms with Crippen molar-refractivity contribution in [2.45, 2.75) is 0 Å². The molecule has 0 spiro atoms. The molecule has 5 nitrogen and oxygen atoms in total. The Labute approximate surface area is 281 Å². The van der Waals surface area contributed by atoms with E-state index >= 15 is 0 Å². The summed E-state index contributed by atoms with van der Waals surface area (Å²) >= 11 is 0. The van der Waals surface area contributed by atoms with Gasteiger partial charge in [0.05, 0.1) is 27.8 Å². The van der Waals surface area contributed by atoms with Crippen LogP contribution in [-0.4, -0.2) is 24.3 Å². The van der Waals surface area contributed by atoms with Gasteiger partial charge >= 0.3 is 0 Å². The zero-order valence-electron chi connectivity index (χ0n) is 26.3. The van der Waals surface area contributed by atoms with Crippen molar-refractivity contribution in [2.24, 2.45) is 0 Å². The molecule has 0 amide bonds. The summed E-state index contributed by atoms with van der Waals surface area (Å²) < 4.78 is 2.32. The molecule has 0 saturated carbocycles. The van der Waals surface area contributed by atoms with Gasteiger partial charge < -0.3 is 4.40 Å². The summed E-state index contributed by atoms with van der Waals surface area (Å²) in [5.41, 5.74) is 8.92. The third-order valence-electron chi connectivity index (χ3n) is 9.35. The highest BCUT2D eigenvalue weighted by Gasteiger charge is 2.17. The molecule has 0 aliphatic rings. The number of hydrogen-bond donors (Lipinski definition) is 0. The van der Waals surface area contributed by atoms with Crippen molar-refractivity contribution in [3.05, 3.63) is 164 Å². The second-order valence-electron chi connectivity index (χ2n) is 12.4. The van der Waals surface area contributed by atoms with Crippen LogP contribution >= 0.6 is 0 Å². The van der Waals surface area contributed by atoms with Gasteiger partial charge in [-0.25, -0.2) is 19.9 Å². The fourth-order valence-corrected chi connectivity index (χ4v) is 6.95. The lowest BCUT2D eigenvalue weighted by Crippen LogP contribution is -2.01. The SMILES string of the molecule is c1cc(-c2nc(-c3ccc4ccccc4c3)nc(-c3ccc4ccccc4c3)n2)cc(-c2nc3ccccc3n3c2cc2ccccc23)c1. The minimum atomic E-state index is 0.612. The van der Waals surface area contributed by atoms with Crippen LogP contribution < -0.4 is 0 Å². The van der Waals surface area contributed by atoms with Crippen molar-refractivity contribution in [1.82, 2.24) is 24.3 Å². The van der Waals surface area contributed by atoms with Crippen molar-refractivity contribution >= 4 is 49.0 Å². The van der Waals surface area contributed by atoms with Gasteiger partial charge in [-0.1, -0.05) is 121 Å². The molecule has 0 atom stereocenters. The third kappa shape index (κ3) is 4.63. The first-order chi connectivity index (χ1) is 24.2. The van der Waals surface area contributed by atoms with Gasteiger partial charge in [0.15, 0.2) is 17.5 Å². The average molecular weight is 626 g/mol. The van der Waals surface area contributed by atoms with Crippen LogP contribution in [0.1, 0.15) is 0 Å². The molecule has 3 aromatic heterocycles. The van der Waals surface area contributed by atoms with Crippen LogP contribution in [0.4, 0.5) is 0 Å². The van der Waals surface area contributed by atoms with Gasteiger partial charge in [0, 0.05) is 27.6 Å². The maximum atomic E-state index is 5.22. The Morgan fingerprint density at radius 1 is 0.306 bits per heavy atom. The normalized spacial score (nSPS) is 11.7. The summed E-state index contributed by atoms with van der Waals surface area (Å²) in [5, 5.41) is 5.81. The summed E-state index contributed by atoms with van der Waals surface area (Å²) in [6.07, 6.45) is 0. The summed E-state index contributed by atoms with van der Waals surface area (Å²) in [5.74, 6) is 1.88. The van der Waals surface area contributed by atoms with Crippen LogP contribution in [0.3, 0.4) is 0 Å². The molecular weight excluding hydrogens is 599 g/mol. The highest BCUT2D eigenvalue weighted by atomic mass is 15.0. The molecule has 228 valence electrons. The topological polar surface area (TPSA) is 56.0 Å². The fraction of sp³-hybridized carbons (Fsp3) is 0. The average Bonchev–Trinajstić information content (AvgIpc) is 3.57. The van der Waals surface area contributed by atoms with Crippen molar-refractivity contribution in [3.8, 4) is 45.4 Å². The predicted molar refractivity (Wildman–Crippen MR) is 200 cm³/mol. The smallest absolute Gasteiger partial charge is 0.164 e. The lowest BCUT2D eigenvalue weighted by atomic mass is 10.0. The highest BCUT2D eigenvalue weighted by Crippen LogP contribution is 2.34. The maximum Gasteiger partial charge on any atom is 0.164 e. The summed E-state index contributed by atoms with van der Waals surface area (Å²) in [6, 6.07) is 56.9. The maximum absolute atomic E-state index is 5.22. The Hall–Kier alpha value is -6.72. The van der Waals surface area contributed by atoms with E-state index in [1.54, 1.807) is 0 Å². The second kappa shape index (κ2) is 10.9. The number of fused-ring (bicyclic) bond motifs is 7. The van der Waals surface area contributed by atoms with Gasteiger partial charge in [0.2, 0.25) is 0 Å². The van der Waals surface area contributed by atoms with Crippen molar-refractivity contribution in [2.75, 3.05) is 0 Å². The van der Waals surface area contributed by atoms with E-state index in [2.05, 4.69) is 162 Å². The molecule has 0 fully saturated rings. The van der Waals surface area contributed by atoms with E-state index in [0.717, 1.165) is 60.8 Å². The molecule has 0 bridgehead atoms. The molecular formula is C44H27N5. The monoisotopic (exact) mass is 625 g/mol. The Morgan fingerprint density at radius 2 is 0.816 bits per heavy atom. The standard InChI is InChI=1S/C44H27N5/c1-3-12-30-24-35(22-20-28(30)10-1)43-46-42(47-44(48-43)36-23-21-29-11-2-4-13-31(29)25-36)34-16-9-15-33(26-34)41-40-27-32-14-5-7-18-38(32)49(40)39-19-8-6-17-37(39)45-41/h1-27H. The van der Waals surface area contributed by atoms with Crippen molar-refractivity contribution in [1.29, 1.82) is 0 Å². The summed E-state index contributed by atoms with van der Waals surface area (Å²) in [4.78, 5) is 20.5. The van der Waals surface area contributed by atoms with Crippen LogP contribution in [0, 0.1) is 0 Å². The quantitative estimate of drug-likeness (QED) is 0.195. The number of hydrogen-bond acceptors (Lipinski definition) is 4. The molecule has 7 aromatic carbocycles. The van der Waals surface area contributed by atoms with E-state index < -0.39 is 0 Å². The number of nitrogens with zero attached hydrogens (tertiary/aromatic N) is 5. The predicted octanol–water partition coefficient (Wildman–Crippen LogP) is 10.8. The largest absolute Gasteiger partial charge is 0.306 e. The minimum Gasteiger partial charge on any atom is -0.306 e. The molecule has 0 aliphatic carbocycles. The van der Waals surface area contributed by atoms with Gasteiger partial charge in [-0.3, -0.25) is 0 Å². The number of benzene rings is 7. The van der Waals surface area contributed by atoms with Crippen molar-refractivity contribution in [3.63, 3.8) is 0 Å². The Kier molecular flexibility index (Phi) is 6.11. The highest BCUT2D eigenvalue weighted by molar-refractivity contribution is 5.99. The Morgan fingerprint density at radius 3 is 1.47 bits per heavy atom. The summed E-state index contributed by atoms with van der Waals surface area (Å²) in [7, 11) is 0. The van der Waals surface area contributed by atoms with E-state index in [4.69, 9.17) is 19.9 Å². The third-order valence-corrected chi connectivity index (χ3v) is 9.35. The lowest BCUT2D eigenvalue weighted by molar-refractivity contribution is 1.07. The lowest BCUT2D eigenvalue weighted by Gasteiger charge is -2.12. The first kappa shape index (κ1) is 27.4. The number of rotatable bonds is 4. The molecule has 0 saturated heterocycles. The first-order valence-corrected chi connectivity index (χ1v) is 16.4. The van der Waals surface area contributed by atoms with E-state index in [1.807, 2.05) is 6.07 Å². The zero-order valence-corrected chi connectivity index (χ0v) is 26.3. The Bertz CT molecular complexity index is 2810. The van der Waals surface area contributed by atoms with E-state index in [-0.39, 0.29) is 0 Å². The van der Waals surface area contributed by atoms with Crippen LogP contribution in [0.15, 0.2) is 164 Å². The molecule has 0 unspecified atom stereocenters. The van der Waals surface area contributed by atoms with E-state index in [9.17, 15) is 0 Å². The first-order valence-electron chi connectivity index (χ1n) is 16.4. The molecule has 0 aliphatic heterocycles. The van der Waals surface area contributed by atoms with Gasteiger partial charge in [-0.15, -0.1) is 0 Å². The molecule has 5 heteroatoms.